The first-order valence-electron chi connectivity index (χ1n) is 7.20. The van der Waals surface area contributed by atoms with Crippen molar-refractivity contribution in [1.82, 2.24) is 15.2 Å². The van der Waals surface area contributed by atoms with Gasteiger partial charge in [0, 0.05) is 42.6 Å². The van der Waals surface area contributed by atoms with Crippen LogP contribution >= 0.6 is 0 Å². The number of carbonyl (C=O) groups is 1. The maximum atomic E-state index is 12.2. The quantitative estimate of drug-likeness (QED) is 0.736. The molecule has 1 fully saturated rings. The Bertz CT molecular complexity index is 723. The fraction of sp³-hybridized carbons (Fsp3) is 0.250. The predicted molar refractivity (Wildman–Crippen MR) is 84.1 cm³/mol. The maximum absolute atomic E-state index is 12.2. The van der Waals surface area contributed by atoms with Crippen LogP contribution in [0.4, 0.5) is 0 Å². The zero-order chi connectivity index (χ0) is 15.5. The van der Waals surface area contributed by atoms with E-state index in [1.165, 1.54) is 10.6 Å². The Morgan fingerprint density at radius 2 is 1.95 bits per heavy atom. The van der Waals surface area contributed by atoms with Crippen molar-refractivity contribution in [3.63, 3.8) is 0 Å². The summed E-state index contributed by atoms with van der Waals surface area (Å²) in [4.78, 5) is 24.0. The largest absolute Gasteiger partial charge is 0.346 e. The summed E-state index contributed by atoms with van der Waals surface area (Å²) in [5.41, 5.74) is 7.07. The van der Waals surface area contributed by atoms with E-state index in [0.29, 0.717) is 18.7 Å². The average Bonchev–Trinajstić information content (AvgIpc) is 2.93. The molecule has 4 N–H and O–H groups in total. The van der Waals surface area contributed by atoms with Crippen molar-refractivity contribution < 1.29 is 4.79 Å². The molecule has 114 valence electrons. The van der Waals surface area contributed by atoms with E-state index in [1.54, 1.807) is 42.6 Å². The highest BCUT2D eigenvalue weighted by molar-refractivity contribution is 5.94. The minimum atomic E-state index is -0.156. The predicted octanol–water partition coefficient (Wildman–Crippen LogP) is -0.134. The summed E-state index contributed by atoms with van der Waals surface area (Å²) < 4.78 is 1.53. The number of hydrogen-bond acceptors (Lipinski definition) is 4. The lowest BCUT2D eigenvalue weighted by Crippen LogP contribution is -2.46. The summed E-state index contributed by atoms with van der Waals surface area (Å²) in [6, 6.07) is 11.8. The highest BCUT2D eigenvalue weighted by Crippen LogP contribution is 2.08. The number of pyridine rings is 1. The monoisotopic (exact) mass is 298 g/mol. The maximum Gasteiger partial charge on any atom is 0.255 e. The van der Waals surface area contributed by atoms with E-state index in [1.807, 2.05) is 0 Å². The van der Waals surface area contributed by atoms with Crippen LogP contribution in [0.2, 0.25) is 0 Å². The van der Waals surface area contributed by atoms with Crippen LogP contribution in [0, 0.1) is 0 Å². The average molecular weight is 298 g/mol. The first kappa shape index (κ1) is 14.5. The molecular weight excluding hydrogens is 280 g/mol. The Balaban J connectivity index is 1.75. The van der Waals surface area contributed by atoms with Crippen molar-refractivity contribution in [2.45, 2.75) is 12.1 Å². The molecule has 1 aliphatic heterocycles. The van der Waals surface area contributed by atoms with Gasteiger partial charge in [0.1, 0.15) is 0 Å². The molecule has 1 aliphatic rings. The third-order valence-corrected chi connectivity index (χ3v) is 3.81. The molecule has 22 heavy (non-hydrogen) atoms. The highest BCUT2D eigenvalue weighted by atomic mass is 16.1. The van der Waals surface area contributed by atoms with E-state index >= 15 is 0 Å². The number of nitrogens with two attached hydrogens (primary N) is 1. The van der Waals surface area contributed by atoms with E-state index in [0.717, 1.165) is 5.69 Å². The Labute approximate surface area is 127 Å². The summed E-state index contributed by atoms with van der Waals surface area (Å²) in [7, 11) is 0. The molecule has 1 amide bonds. The first-order valence-corrected chi connectivity index (χ1v) is 7.20. The van der Waals surface area contributed by atoms with E-state index in [9.17, 15) is 9.59 Å². The molecule has 1 aromatic carbocycles. The summed E-state index contributed by atoms with van der Waals surface area (Å²) in [5, 5.41) is 6.06. The van der Waals surface area contributed by atoms with Gasteiger partial charge in [0.05, 0.1) is 6.04 Å². The fourth-order valence-corrected chi connectivity index (χ4v) is 2.52. The lowest BCUT2D eigenvalue weighted by Gasteiger charge is -2.16. The van der Waals surface area contributed by atoms with Crippen molar-refractivity contribution in [3.8, 4) is 5.69 Å². The molecule has 0 bridgehead atoms. The molecule has 1 saturated heterocycles. The van der Waals surface area contributed by atoms with Crippen LogP contribution in [-0.4, -0.2) is 35.6 Å². The Hall–Kier alpha value is -2.44. The molecule has 1 aromatic heterocycles. The minimum Gasteiger partial charge on any atom is -0.346 e. The summed E-state index contributed by atoms with van der Waals surface area (Å²) >= 11 is 0. The number of aromatic nitrogens is 1. The van der Waals surface area contributed by atoms with Crippen LogP contribution in [0.25, 0.3) is 5.69 Å². The second kappa shape index (κ2) is 6.13. The minimum absolute atomic E-state index is 0.0519. The second-order valence-electron chi connectivity index (χ2n) is 5.36. The molecule has 0 spiro atoms. The van der Waals surface area contributed by atoms with Gasteiger partial charge in [-0.15, -0.1) is 0 Å². The molecule has 6 nitrogen and oxygen atoms in total. The number of nitrogens with one attached hydrogen (secondary N) is 2. The number of amides is 1. The normalized spacial score (nSPS) is 20.8. The lowest BCUT2D eigenvalue weighted by molar-refractivity contribution is 0.0937. The summed E-state index contributed by atoms with van der Waals surface area (Å²) in [6.45, 7) is 1.39. The van der Waals surface area contributed by atoms with E-state index in [2.05, 4.69) is 10.6 Å². The van der Waals surface area contributed by atoms with Crippen LogP contribution < -0.4 is 21.9 Å². The van der Waals surface area contributed by atoms with E-state index < -0.39 is 0 Å². The van der Waals surface area contributed by atoms with Crippen molar-refractivity contribution in [2.24, 2.45) is 5.73 Å². The molecule has 0 aliphatic carbocycles. The van der Waals surface area contributed by atoms with Crippen molar-refractivity contribution >= 4 is 5.91 Å². The number of benzene rings is 1. The highest BCUT2D eigenvalue weighted by Gasteiger charge is 2.25. The van der Waals surface area contributed by atoms with Crippen LogP contribution in [-0.2, 0) is 0 Å². The molecule has 3 rings (SSSR count). The molecule has 0 radical (unpaired) electrons. The van der Waals surface area contributed by atoms with Crippen LogP contribution in [0.15, 0.2) is 53.5 Å². The van der Waals surface area contributed by atoms with E-state index in [-0.39, 0.29) is 23.6 Å². The topological polar surface area (TPSA) is 89.2 Å². The molecule has 2 atom stereocenters. The standard InChI is InChI=1S/C16H18N4O2/c17-13-9-18-10-14(13)19-16(22)11-4-6-12(7-5-11)20-8-2-1-3-15(20)21/h1-8,13-14,18H,9-10,17H2,(H,19,22). The van der Waals surface area contributed by atoms with E-state index in [4.69, 9.17) is 5.73 Å². The van der Waals surface area contributed by atoms with Gasteiger partial charge in [-0.25, -0.2) is 0 Å². The van der Waals surface area contributed by atoms with Crippen LogP contribution in [0.5, 0.6) is 0 Å². The molecular formula is C16H18N4O2. The molecule has 2 unspecified atom stereocenters. The second-order valence-corrected chi connectivity index (χ2v) is 5.36. The summed E-state index contributed by atoms with van der Waals surface area (Å²) in [6.07, 6.45) is 1.70. The van der Waals surface area contributed by atoms with Gasteiger partial charge < -0.3 is 16.4 Å². The smallest absolute Gasteiger partial charge is 0.255 e. The van der Waals surface area contributed by atoms with Crippen molar-refractivity contribution in [3.05, 3.63) is 64.6 Å². The third-order valence-electron chi connectivity index (χ3n) is 3.81. The van der Waals surface area contributed by atoms with Gasteiger partial charge in [0.25, 0.3) is 11.5 Å². The molecule has 2 aromatic rings. The zero-order valence-corrected chi connectivity index (χ0v) is 12.0. The SMILES string of the molecule is NC1CNCC1NC(=O)c1ccc(-n2ccccc2=O)cc1. The third kappa shape index (κ3) is 2.93. The Morgan fingerprint density at radius 3 is 2.59 bits per heavy atom. The number of hydrogen-bond donors (Lipinski definition) is 3. The first-order chi connectivity index (χ1) is 10.6. The van der Waals surface area contributed by atoms with Gasteiger partial charge >= 0.3 is 0 Å². The zero-order valence-electron chi connectivity index (χ0n) is 12.0. The van der Waals surface area contributed by atoms with Gasteiger partial charge in [-0.1, -0.05) is 6.07 Å². The Morgan fingerprint density at radius 1 is 1.18 bits per heavy atom. The van der Waals surface area contributed by atoms with Crippen molar-refractivity contribution in [2.75, 3.05) is 13.1 Å². The fourth-order valence-electron chi connectivity index (χ4n) is 2.52. The van der Waals surface area contributed by atoms with Crippen LogP contribution in [0.3, 0.4) is 0 Å². The number of rotatable bonds is 3. The summed E-state index contributed by atoms with van der Waals surface area (Å²) in [5.74, 6) is -0.156. The molecule has 2 heterocycles. The number of carbonyl (C=O) groups excluding carboxylic acids is 1. The molecule has 6 heteroatoms. The number of nitrogens with zero attached hydrogens (tertiary/aromatic N) is 1. The Kier molecular flexibility index (Phi) is 4.04. The molecule has 0 saturated carbocycles. The van der Waals surface area contributed by atoms with Gasteiger partial charge in [0.2, 0.25) is 0 Å². The van der Waals surface area contributed by atoms with Crippen molar-refractivity contribution in [1.29, 1.82) is 0 Å². The van der Waals surface area contributed by atoms with Gasteiger partial charge in [-0.3, -0.25) is 14.2 Å². The lowest BCUT2D eigenvalue weighted by atomic mass is 10.1. The van der Waals surface area contributed by atoms with Gasteiger partial charge in [-0.2, -0.15) is 0 Å². The van der Waals surface area contributed by atoms with Crippen LogP contribution in [0.1, 0.15) is 10.4 Å². The van der Waals surface area contributed by atoms with Gasteiger partial charge in [0.15, 0.2) is 0 Å². The van der Waals surface area contributed by atoms with Gasteiger partial charge in [-0.05, 0) is 30.3 Å².